The van der Waals surface area contributed by atoms with Crippen LogP contribution in [0.5, 0.6) is 0 Å². The number of sulfone groups is 1. The molecule has 2 aliphatic rings. The van der Waals surface area contributed by atoms with E-state index in [4.69, 9.17) is 5.73 Å². The average Bonchev–Trinajstić information content (AvgIpc) is 3.05. The van der Waals surface area contributed by atoms with Crippen molar-refractivity contribution < 1.29 is 13.5 Å². The maximum absolute atomic E-state index is 11.3. The fourth-order valence-electron chi connectivity index (χ4n) is 2.29. The largest absolute Gasteiger partial charge is 0.394 e. The Morgan fingerprint density at radius 1 is 1.31 bits per heavy atom. The second-order valence-electron chi connectivity index (χ2n) is 5.09. The van der Waals surface area contributed by atoms with Gasteiger partial charge in [-0.2, -0.15) is 0 Å². The molecule has 1 saturated carbocycles. The molecule has 2 rings (SSSR count). The lowest BCUT2D eigenvalue weighted by molar-refractivity contribution is 0.125. The topological polar surface area (TPSA) is 83.6 Å². The van der Waals surface area contributed by atoms with Crippen molar-refractivity contribution in [2.75, 3.05) is 37.7 Å². The third-order valence-electron chi connectivity index (χ3n) is 3.64. The van der Waals surface area contributed by atoms with Crippen LogP contribution >= 0.6 is 0 Å². The molecule has 2 fully saturated rings. The highest BCUT2D eigenvalue weighted by atomic mass is 32.2. The predicted molar refractivity (Wildman–Crippen MR) is 61.8 cm³/mol. The Bertz CT molecular complexity index is 339. The second kappa shape index (κ2) is 4.25. The Labute approximate surface area is 96.5 Å². The zero-order valence-electron chi connectivity index (χ0n) is 9.43. The van der Waals surface area contributed by atoms with Gasteiger partial charge in [-0.15, -0.1) is 0 Å². The first-order chi connectivity index (χ1) is 7.45. The molecule has 1 atom stereocenters. The molecule has 1 saturated heterocycles. The van der Waals surface area contributed by atoms with Crippen LogP contribution in [0.3, 0.4) is 0 Å². The summed E-state index contributed by atoms with van der Waals surface area (Å²) in [7, 11) is -2.83. The van der Waals surface area contributed by atoms with Crippen LogP contribution in [0.25, 0.3) is 0 Å². The van der Waals surface area contributed by atoms with E-state index >= 15 is 0 Å². The minimum absolute atomic E-state index is 0.0130. The first-order valence-electron chi connectivity index (χ1n) is 5.78. The van der Waals surface area contributed by atoms with Gasteiger partial charge in [-0.3, -0.25) is 4.90 Å². The average molecular weight is 248 g/mol. The van der Waals surface area contributed by atoms with Gasteiger partial charge in [0, 0.05) is 19.6 Å². The molecule has 0 aromatic carbocycles. The van der Waals surface area contributed by atoms with E-state index in [-0.39, 0.29) is 18.1 Å². The summed E-state index contributed by atoms with van der Waals surface area (Å²) in [5.41, 5.74) is 5.63. The first-order valence-corrected chi connectivity index (χ1v) is 7.60. The van der Waals surface area contributed by atoms with E-state index in [1.165, 1.54) is 0 Å². The summed E-state index contributed by atoms with van der Waals surface area (Å²) in [5, 5.41) is 9.36. The van der Waals surface area contributed by atoms with E-state index in [1.807, 2.05) is 0 Å². The van der Waals surface area contributed by atoms with Crippen molar-refractivity contribution in [3.05, 3.63) is 0 Å². The van der Waals surface area contributed by atoms with Crippen molar-refractivity contribution in [1.82, 2.24) is 4.90 Å². The predicted octanol–water partition coefficient (Wildman–Crippen LogP) is -1.18. The lowest BCUT2D eigenvalue weighted by Crippen LogP contribution is -2.57. The number of hydrogen-bond acceptors (Lipinski definition) is 5. The summed E-state index contributed by atoms with van der Waals surface area (Å²) >= 11 is 0. The van der Waals surface area contributed by atoms with Gasteiger partial charge in [0.1, 0.15) is 0 Å². The van der Waals surface area contributed by atoms with Gasteiger partial charge in [0.25, 0.3) is 0 Å². The molecule has 1 aliphatic heterocycles. The maximum atomic E-state index is 11.3. The third-order valence-corrected chi connectivity index (χ3v) is 5.25. The zero-order valence-corrected chi connectivity index (χ0v) is 10.2. The first kappa shape index (κ1) is 12.3. The summed E-state index contributed by atoms with van der Waals surface area (Å²) in [6.07, 6.45) is 2.17. The van der Waals surface area contributed by atoms with Gasteiger partial charge in [0.05, 0.1) is 23.7 Å². The van der Waals surface area contributed by atoms with Crippen LogP contribution in [0.1, 0.15) is 12.8 Å². The second-order valence-corrected chi connectivity index (χ2v) is 7.40. The molecular weight excluding hydrogens is 228 g/mol. The summed E-state index contributed by atoms with van der Waals surface area (Å²) in [6.45, 7) is 1.70. The van der Waals surface area contributed by atoms with Crippen LogP contribution in [-0.2, 0) is 9.84 Å². The van der Waals surface area contributed by atoms with E-state index in [1.54, 1.807) is 0 Å². The van der Waals surface area contributed by atoms with Crippen LogP contribution in [0.2, 0.25) is 0 Å². The van der Waals surface area contributed by atoms with Crippen molar-refractivity contribution in [2.45, 2.75) is 18.4 Å². The molecule has 0 radical (unpaired) electrons. The Morgan fingerprint density at radius 2 is 1.88 bits per heavy atom. The Kier molecular flexibility index (Phi) is 3.27. The van der Waals surface area contributed by atoms with Gasteiger partial charge in [0.2, 0.25) is 0 Å². The number of hydrogen-bond donors (Lipinski definition) is 2. The standard InChI is InChI=1S/C10H20N2O3S/c11-10(8-13,9-1-2-9)7-12-3-5-16(14,15)6-4-12/h9,13H,1-8,11H2. The van der Waals surface area contributed by atoms with Gasteiger partial charge >= 0.3 is 0 Å². The minimum atomic E-state index is -2.83. The van der Waals surface area contributed by atoms with E-state index in [9.17, 15) is 13.5 Å². The number of aliphatic hydroxyl groups excluding tert-OH is 1. The monoisotopic (exact) mass is 248 g/mol. The van der Waals surface area contributed by atoms with Gasteiger partial charge < -0.3 is 10.8 Å². The summed E-state index contributed by atoms with van der Waals surface area (Å²) in [5.74, 6) is 0.856. The quantitative estimate of drug-likeness (QED) is 0.654. The summed E-state index contributed by atoms with van der Waals surface area (Å²) < 4.78 is 22.5. The Balaban J connectivity index is 1.90. The molecule has 0 aromatic rings. The fraction of sp³-hybridized carbons (Fsp3) is 1.00. The highest BCUT2D eigenvalue weighted by Crippen LogP contribution is 2.38. The molecule has 0 amide bonds. The van der Waals surface area contributed by atoms with Crippen LogP contribution in [0, 0.1) is 5.92 Å². The number of rotatable bonds is 4. The zero-order chi connectivity index (χ0) is 11.8. The van der Waals surface area contributed by atoms with Crippen molar-refractivity contribution >= 4 is 9.84 Å². The molecule has 0 bridgehead atoms. The van der Waals surface area contributed by atoms with Crippen molar-refractivity contribution in [3.8, 4) is 0 Å². The molecule has 1 heterocycles. The van der Waals surface area contributed by atoms with Gasteiger partial charge in [-0.05, 0) is 18.8 Å². The van der Waals surface area contributed by atoms with Crippen LogP contribution < -0.4 is 5.73 Å². The Morgan fingerprint density at radius 3 is 2.31 bits per heavy atom. The molecule has 16 heavy (non-hydrogen) atoms. The lowest BCUT2D eigenvalue weighted by Gasteiger charge is -2.36. The molecule has 0 spiro atoms. The molecule has 94 valence electrons. The molecule has 0 aromatic heterocycles. The van der Waals surface area contributed by atoms with Crippen molar-refractivity contribution in [2.24, 2.45) is 11.7 Å². The fourth-order valence-corrected chi connectivity index (χ4v) is 3.57. The van der Waals surface area contributed by atoms with E-state index in [0.717, 1.165) is 12.8 Å². The highest BCUT2D eigenvalue weighted by Gasteiger charge is 2.43. The van der Waals surface area contributed by atoms with Crippen LogP contribution in [0.4, 0.5) is 0 Å². The minimum Gasteiger partial charge on any atom is -0.394 e. The van der Waals surface area contributed by atoms with Crippen LogP contribution in [0.15, 0.2) is 0 Å². The number of aliphatic hydroxyl groups is 1. The lowest BCUT2D eigenvalue weighted by atomic mass is 9.95. The van der Waals surface area contributed by atoms with E-state index < -0.39 is 15.4 Å². The molecule has 1 aliphatic carbocycles. The van der Waals surface area contributed by atoms with Gasteiger partial charge in [-0.1, -0.05) is 0 Å². The molecule has 3 N–H and O–H groups in total. The number of nitrogens with two attached hydrogens (primary N) is 1. The molecular formula is C10H20N2O3S. The highest BCUT2D eigenvalue weighted by molar-refractivity contribution is 7.91. The third kappa shape index (κ3) is 2.74. The van der Waals surface area contributed by atoms with Crippen molar-refractivity contribution in [3.63, 3.8) is 0 Å². The molecule has 1 unspecified atom stereocenters. The van der Waals surface area contributed by atoms with E-state index in [2.05, 4.69) is 4.90 Å². The van der Waals surface area contributed by atoms with Gasteiger partial charge in [-0.25, -0.2) is 8.42 Å². The SMILES string of the molecule is NC(CO)(CN1CCS(=O)(=O)CC1)C1CC1. The van der Waals surface area contributed by atoms with E-state index in [0.29, 0.717) is 25.6 Å². The van der Waals surface area contributed by atoms with Crippen molar-refractivity contribution in [1.29, 1.82) is 0 Å². The van der Waals surface area contributed by atoms with Gasteiger partial charge in [0.15, 0.2) is 9.84 Å². The molecule has 6 heteroatoms. The summed E-state index contributed by atoms with van der Waals surface area (Å²) in [6, 6.07) is 0. The molecule has 5 nitrogen and oxygen atoms in total. The maximum Gasteiger partial charge on any atom is 0.152 e. The van der Waals surface area contributed by atoms with Crippen LogP contribution in [-0.4, -0.2) is 61.7 Å². The smallest absolute Gasteiger partial charge is 0.152 e. The summed E-state index contributed by atoms with van der Waals surface area (Å²) in [4.78, 5) is 2.07. The Hall–Kier alpha value is -0.170. The normalized spacial score (nSPS) is 29.9. The number of nitrogens with zero attached hydrogens (tertiary/aromatic N) is 1.